The van der Waals surface area contributed by atoms with Gasteiger partial charge in [0.05, 0.1) is 12.3 Å². The Labute approximate surface area is 107 Å². The predicted octanol–water partition coefficient (Wildman–Crippen LogP) is 1.70. The molecule has 1 heterocycles. The van der Waals surface area contributed by atoms with E-state index in [-0.39, 0.29) is 11.9 Å². The maximum Gasteiger partial charge on any atom is 0.141 e. The van der Waals surface area contributed by atoms with E-state index >= 15 is 0 Å². The second-order valence-electron chi connectivity index (χ2n) is 4.56. The van der Waals surface area contributed by atoms with Crippen molar-refractivity contribution in [2.45, 2.75) is 37.9 Å². The zero-order chi connectivity index (χ0) is 13.0. The number of amidine groups is 1. The lowest BCUT2D eigenvalue weighted by Crippen LogP contribution is -2.29. The molecule has 0 aromatic carbocycles. The molecule has 1 saturated carbocycles. The van der Waals surface area contributed by atoms with Crippen LogP contribution in [0.25, 0.3) is 0 Å². The van der Waals surface area contributed by atoms with Gasteiger partial charge >= 0.3 is 0 Å². The van der Waals surface area contributed by atoms with Gasteiger partial charge in [-0.25, -0.2) is 4.98 Å². The lowest BCUT2D eigenvalue weighted by atomic mass is 9.95. The normalized spacial score (nSPS) is 23.6. The van der Waals surface area contributed by atoms with Crippen LogP contribution < -0.4 is 10.5 Å². The van der Waals surface area contributed by atoms with Crippen LogP contribution >= 0.6 is 0 Å². The Morgan fingerprint density at radius 3 is 2.78 bits per heavy atom. The van der Waals surface area contributed by atoms with Crippen LogP contribution in [0.5, 0.6) is 5.75 Å². The monoisotopic (exact) mass is 249 g/mol. The lowest BCUT2D eigenvalue weighted by molar-refractivity contribution is 0.0208. The predicted molar refractivity (Wildman–Crippen MR) is 68.9 cm³/mol. The van der Waals surface area contributed by atoms with Gasteiger partial charge in [0.2, 0.25) is 0 Å². The largest absolute Gasteiger partial charge is 0.489 e. The second kappa shape index (κ2) is 5.82. The molecule has 2 atom stereocenters. The number of aromatic nitrogens is 1. The Kier molecular flexibility index (Phi) is 4.15. The molecule has 3 N–H and O–H groups in total. The van der Waals surface area contributed by atoms with E-state index in [1.165, 1.54) is 0 Å². The Morgan fingerprint density at radius 1 is 1.39 bits per heavy atom. The van der Waals surface area contributed by atoms with Crippen LogP contribution in [0.4, 0.5) is 0 Å². The van der Waals surface area contributed by atoms with Gasteiger partial charge in [-0.2, -0.15) is 0 Å². The summed E-state index contributed by atoms with van der Waals surface area (Å²) < 4.78 is 11.2. The van der Waals surface area contributed by atoms with Crippen molar-refractivity contribution in [3.05, 3.63) is 24.0 Å². The van der Waals surface area contributed by atoms with Crippen LogP contribution in [0.2, 0.25) is 0 Å². The number of hydrogen-bond acceptors (Lipinski definition) is 4. The summed E-state index contributed by atoms with van der Waals surface area (Å²) in [5, 5.41) is 7.27. The maximum atomic E-state index is 7.27. The molecule has 0 spiro atoms. The highest BCUT2D eigenvalue weighted by Gasteiger charge is 2.23. The Bertz CT molecular complexity index is 405. The van der Waals surface area contributed by atoms with Crippen molar-refractivity contribution in [1.29, 1.82) is 5.41 Å². The Hall–Kier alpha value is -1.62. The van der Waals surface area contributed by atoms with E-state index in [9.17, 15) is 0 Å². The van der Waals surface area contributed by atoms with Gasteiger partial charge in [-0.05, 0) is 31.4 Å². The number of nitrogens with two attached hydrogens (primary N) is 1. The van der Waals surface area contributed by atoms with Crippen molar-refractivity contribution >= 4 is 5.84 Å². The number of rotatable bonds is 4. The first-order valence-electron chi connectivity index (χ1n) is 6.19. The van der Waals surface area contributed by atoms with E-state index in [2.05, 4.69) is 4.98 Å². The summed E-state index contributed by atoms with van der Waals surface area (Å²) in [6.07, 6.45) is 6.31. The van der Waals surface area contributed by atoms with E-state index in [4.69, 9.17) is 20.6 Å². The van der Waals surface area contributed by atoms with Crippen molar-refractivity contribution in [1.82, 2.24) is 4.98 Å². The molecule has 2 rings (SSSR count). The molecule has 1 aromatic heterocycles. The molecule has 18 heavy (non-hydrogen) atoms. The smallest absolute Gasteiger partial charge is 0.141 e. The highest BCUT2D eigenvalue weighted by molar-refractivity contribution is 5.92. The Morgan fingerprint density at radius 2 is 2.17 bits per heavy atom. The molecular formula is C13H19N3O2. The average Bonchev–Trinajstić information content (AvgIpc) is 2.39. The summed E-state index contributed by atoms with van der Waals surface area (Å²) in [5.74, 6) is 0.695. The summed E-state index contributed by atoms with van der Waals surface area (Å²) in [7, 11) is 1.75. The summed E-state index contributed by atoms with van der Waals surface area (Å²) in [6, 6.07) is 3.51. The Balaban J connectivity index is 1.94. The molecule has 0 bridgehead atoms. The van der Waals surface area contributed by atoms with E-state index in [0.29, 0.717) is 11.8 Å². The molecule has 5 heteroatoms. The first-order chi connectivity index (χ1) is 8.69. The number of pyridine rings is 1. The SMILES string of the molecule is COC1CCCC(Oc2ccc(C(=N)N)nc2)C1. The highest BCUT2D eigenvalue weighted by Crippen LogP contribution is 2.24. The number of nitrogens with one attached hydrogen (secondary N) is 1. The van der Waals surface area contributed by atoms with Crippen molar-refractivity contribution in [3.8, 4) is 5.75 Å². The maximum absolute atomic E-state index is 7.27. The highest BCUT2D eigenvalue weighted by atomic mass is 16.5. The van der Waals surface area contributed by atoms with Crippen molar-refractivity contribution < 1.29 is 9.47 Å². The minimum Gasteiger partial charge on any atom is -0.489 e. The van der Waals surface area contributed by atoms with Gasteiger partial charge in [0.1, 0.15) is 23.4 Å². The third kappa shape index (κ3) is 3.20. The molecule has 0 amide bonds. The molecule has 5 nitrogen and oxygen atoms in total. The third-order valence-corrected chi connectivity index (χ3v) is 3.23. The molecule has 2 unspecified atom stereocenters. The molecule has 1 aromatic rings. The molecule has 1 aliphatic rings. The van der Waals surface area contributed by atoms with Crippen LogP contribution in [0, 0.1) is 5.41 Å². The number of hydrogen-bond donors (Lipinski definition) is 2. The van der Waals surface area contributed by atoms with Gasteiger partial charge in [0.25, 0.3) is 0 Å². The molecule has 1 fully saturated rings. The molecule has 0 saturated heterocycles. The van der Waals surface area contributed by atoms with Gasteiger partial charge < -0.3 is 15.2 Å². The molecule has 1 aliphatic carbocycles. The zero-order valence-electron chi connectivity index (χ0n) is 10.6. The van der Waals surface area contributed by atoms with Gasteiger partial charge in [-0.15, -0.1) is 0 Å². The van der Waals surface area contributed by atoms with Crippen LogP contribution in [0.3, 0.4) is 0 Å². The fraction of sp³-hybridized carbons (Fsp3) is 0.538. The fourth-order valence-corrected chi connectivity index (χ4v) is 2.23. The third-order valence-electron chi connectivity index (χ3n) is 3.23. The van der Waals surface area contributed by atoms with E-state index in [1.54, 1.807) is 25.4 Å². The first-order valence-corrected chi connectivity index (χ1v) is 6.19. The topological polar surface area (TPSA) is 81.2 Å². The molecular weight excluding hydrogens is 230 g/mol. The summed E-state index contributed by atoms with van der Waals surface area (Å²) in [6.45, 7) is 0. The number of nitrogens with zero attached hydrogens (tertiary/aromatic N) is 1. The van der Waals surface area contributed by atoms with Crippen LogP contribution in [0.15, 0.2) is 18.3 Å². The van der Waals surface area contributed by atoms with Crippen molar-refractivity contribution in [2.75, 3.05) is 7.11 Å². The van der Waals surface area contributed by atoms with E-state index < -0.39 is 0 Å². The minimum absolute atomic E-state index is 0.0290. The first kappa shape index (κ1) is 12.8. The molecule has 0 aliphatic heterocycles. The average molecular weight is 249 g/mol. The van der Waals surface area contributed by atoms with Crippen LogP contribution in [-0.2, 0) is 4.74 Å². The summed E-state index contributed by atoms with van der Waals surface area (Å²) in [5.41, 5.74) is 5.82. The van der Waals surface area contributed by atoms with Crippen LogP contribution in [-0.4, -0.2) is 30.1 Å². The van der Waals surface area contributed by atoms with Crippen LogP contribution in [0.1, 0.15) is 31.4 Å². The van der Waals surface area contributed by atoms with Gasteiger partial charge in [-0.3, -0.25) is 5.41 Å². The van der Waals surface area contributed by atoms with Gasteiger partial charge in [0.15, 0.2) is 0 Å². The van der Waals surface area contributed by atoms with E-state index in [0.717, 1.165) is 31.4 Å². The number of ether oxygens (including phenoxy) is 2. The lowest BCUT2D eigenvalue weighted by Gasteiger charge is -2.28. The molecule has 0 radical (unpaired) electrons. The zero-order valence-corrected chi connectivity index (χ0v) is 10.6. The van der Waals surface area contributed by atoms with Crippen molar-refractivity contribution in [3.63, 3.8) is 0 Å². The minimum atomic E-state index is -0.0290. The van der Waals surface area contributed by atoms with Gasteiger partial charge in [-0.1, -0.05) is 0 Å². The number of methoxy groups -OCH3 is 1. The van der Waals surface area contributed by atoms with Crippen molar-refractivity contribution in [2.24, 2.45) is 5.73 Å². The summed E-state index contributed by atoms with van der Waals surface area (Å²) in [4.78, 5) is 4.08. The van der Waals surface area contributed by atoms with Gasteiger partial charge in [0, 0.05) is 13.5 Å². The quantitative estimate of drug-likeness (QED) is 0.628. The van der Waals surface area contributed by atoms with E-state index in [1.807, 2.05) is 0 Å². The standard InChI is InChI=1S/C13H19N3O2/c1-17-9-3-2-4-10(7-9)18-11-5-6-12(13(14)15)16-8-11/h5-6,8-10H,2-4,7H2,1H3,(H3,14,15). The second-order valence-corrected chi connectivity index (χ2v) is 4.56. The summed E-state index contributed by atoms with van der Waals surface area (Å²) >= 11 is 0. The molecule has 98 valence electrons. The number of nitrogen functional groups attached to an aromatic ring is 1. The fourth-order valence-electron chi connectivity index (χ4n) is 2.23.